The molecule has 0 amide bonds. The van der Waals surface area contributed by atoms with Crippen molar-refractivity contribution in [1.82, 2.24) is 14.1 Å². The summed E-state index contributed by atoms with van der Waals surface area (Å²) in [5.41, 5.74) is 13.7. The standard InChI is InChI=1S/C49H38N4O/c1-49(2,3)32-26-27-50-46(28-32)53-44-23-12-11-20-40(44)41-25-24-35(30-45(41)53)54-34-15-13-14-33(29-34)52-31-51(4)47-42-21-9-7-18-38(42)36-16-5-6-17-37(36)39-19-8-10-22-43(39)48(47)52/h5-30H,1-4H3. The van der Waals surface area contributed by atoms with Crippen LogP contribution in [0.15, 0.2) is 158 Å². The molecule has 5 nitrogen and oxygen atoms in total. The fraction of sp³-hybridized carbons (Fsp3) is 0.102. The highest BCUT2D eigenvalue weighted by Gasteiger charge is 2.26. The van der Waals surface area contributed by atoms with Crippen molar-refractivity contribution < 1.29 is 9.30 Å². The molecule has 0 radical (unpaired) electrons. The largest absolute Gasteiger partial charge is 0.458 e. The number of para-hydroxylation sites is 1. The minimum Gasteiger partial charge on any atom is -0.458 e. The molecule has 1 aliphatic carbocycles. The summed E-state index contributed by atoms with van der Waals surface area (Å²) in [6.45, 7) is 6.71. The molecule has 9 aromatic rings. The smallest absolute Gasteiger partial charge is 0.244 e. The van der Waals surface area contributed by atoms with E-state index in [0.717, 1.165) is 56.4 Å². The topological polar surface area (TPSA) is 35.9 Å². The molecule has 0 atom stereocenters. The Morgan fingerprint density at radius 3 is 1.93 bits per heavy atom. The molecule has 0 bridgehead atoms. The van der Waals surface area contributed by atoms with Crippen molar-refractivity contribution in [2.24, 2.45) is 7.05 Å². The summed E-state index contributed by atoms with van der Waals surface area (Å²) < 4.78 is 13.3. The second-order valence-corrected chi connectivity index (χ2v) is 15.1. The molecule has 0 N–H and O–H groups in total. The molecule has 3 heterocycles. The van der Waals surface area contributed by atoms with Gasteiger partial charge in [-0.2, -0.15) is 0 Å². The highest BCUT2D eigenvalue weighted by molar-refractivity contribution is 6.09. The number of imidazole rings is 1. The minimum absolute atomic E-state index is 0.00250. The van der Waals surface area contributed by atoms with E-state index < -0.39 is 0 Å². The maximum atomic E-state index is 6.71. The molecule has 0 spiro atoms. The third-order valence-corrected chi connectivity index (χ3v) is 10.7. The van der Waals surface area contributed by atoms with Gasteiger partial charge in [0.1, 0.15) is 17.3 Å². The van der Waals surface area contributed by atoms with Crippen molar-refractivity contribution in [3.05, 3.63) is 170 Å². The van der Waals surface area contributed by atoms with Crippen LogP contribution in [0.2, 0.25) is 0 Å². The minimum atomic E-state index is -0.00250. The van der Waals surface area contributed by atoms with Gasteiger partial charge in [0.15, 0.2) is 0 Å². The van der Waals surface area contributed by atoms with E-state index in [-0.39, 0.29) is 5.41 Å². The third-order valence-electron chi connectivity index (χ3n) is 10.7. The van der Waals surface area contributed by atoms with Crippen molar-refractivity contribution in [1.29, 1.82) is 0 Å². The zero-order valence-electron chi connectivity index (χ0n) is 30.7. The predicted octanol–water partition coefficient (Wildman–Crippen LogP) is 11.7. The summed E-state index contributed by atoms with van der Waals surface area (Å²) in [5, 5.41) is 2.34. The second kappa shape index (κ2) is 12.2. The van der Waals surface area contributed by atoms with E-state index in [1.807, 2.05) is 12.3 Å². The summed E-state index contributed by atoms with van der Waals surface area (Å²) >= 11 is 0. The number of nitrogens with zero attached hydrogens (tertiary/aromatic N) is 4. The van der Waals surface area contributed by atoms with Crippen LogP contribution in [0.4, 0.5) is 0 Å². The van der Waals surface area contributed by atoms with E-state index in [1.165, 1.54) is 38.8 Å². The van der Waals surface area contributed by atoms with Gasteiger partial charge in [-0.25, -0.2) is 4.98 Å². The van der Waals surface area contributed by atoms with Gasteiger partial charge in [-0.1, -0.05) is 124 Å². The maximum Gasteiger partial charge on any atom is 0.244 e. The van der Waals surface area contributed by atoms with Crippen LogP contribution >= 0.6 is 0 Å². The number of pyridine rings is 1. The van der Waals surface area contributed by atoms with Crippen molar-refractivity contribution >= 4 is 21.8 Å². The number of ether oxygens (including phenoxy) is 1. The van der Waals surface area contributed by atoms with Crippen molar-refractivity contribution in [2.45, 2.75) is 26.2 Å². The Kier molecular flexibility index (Phi) is 7.21. The number of fused-ring (bicyclic) bond motifs is 11. The second-order valence-electron chi connectivity index (χ2n) is 15.1. The lowest BCUT2D eigenvalue weighted by atomic mass is 9.84. The maximum absolute atomic E-state index is 6.71. The molecule has 6 aromatic carbocycles. The summed E-state index contributed by atoms with van der Waals surface area (Å²) in [6.07, 6.45) is 5.59. The van der Waals surface area contributed by atoms with E-state index >= 15 is 0 Å². The molecule has 0 aliphatic heterocycles. The number of aryl methyl sites for hydroxylation is 1. The fourth-order valence-electron chi connectivity index (χ4n) is 8.15. The molecule has 1 aliphatic rings. The molecule has 3 aromatic heterocycles. The molecule has 0 fully saturated rings. The Morgan fingerprint density at radius 2 is 1.19 bits per heavy atom. The first-order chi connectivity index (χ1) is 26.3. The number of aromatic nitrogens is 4. The van der Waals surface area contributed by atoms with Gasteiger partial charge in [-0.3, -0.25) is 4.57 Å². The average Bonchev–Trinajstić information content (AvgIpc) is 3.71. The van der Waals surface area contributed by atoms with E-state index in [9.17, 15) is 0 Å². The van der Waals surface area contributed by atoms with Crippen LogP contribution in [0.25, 0.3) is 78.1 Å². The summed E-state index contributed by atoms with van der Waals surface area (Å²) in [4.78, 5) is 4.86. The van der Waals surface area contributed by atoms with Crippen LogP contribution in [0.3, 0.4) is 0 Å². The lowest BCUT2D eigenvalue weighted by Crippen LogP contribution is -2.28. The normalized spacial score (nSPS) is 12.1. The van der Waals surface area contributed by atoms with Crippen molar-refractivity contribution in [2.75, 3.05) is 0 Å². The number of rotatable bonds is 4. The van der Waals surface area contributed by atoms with Crippen LogP contribution in [-0.2, 0) is 12.5 Å². The zero-order valence-corrected chi connectivity index (χ0v) is 30.7. The molecule has 0 saturated carbocycles. The van der Waals surface area contributed by atoms with Crippen LogP contribution in [-0.4, -0.2) is 14.1 Å². The van der Waals surface area contributed by atoms with Gasteiger partial charge in [-0.05, 0) is 86.8 Å². The highest BCUT2D eigenvalue weighted by atomic mass is 16.5. The van der Waals surface area contributed by atoms with Gasteiger partial charge < -0.3 is 13.9 Å². The first kappa shape index (κ1) is 32.0. The lowest BCUT2D eigenvalue weighted by molar-refractivity contribution is -0.664. The lowest BCUT2D eigenvalue weighted by Gasteiger charge is -2.23. The van der Waals surface area contributed by atoms with Crippen molar-refractivity contribution in [3.8, 4) is 67.8 Å². The monoisotopic (exact) mass is 698 g/mol. The zero-order chi connectivity index (χ0) is 36.6. The first-order valence-corrected chi connectivity index (χ1v) is 18.4. The molecule has 0 unspecified atom stereocenters. The molecule has 10 rings (SSSR count). The number of benzene rings is 6. The molecular formula is C49H38N4O. The van der Waals surface area contributed by atoms with Gasteiger partial charge in [0.2, 0.25) is 6.33 Å². The summed E-state index contributed by atoms with van der Waals surface area (Å²) in [7, 11) is 2.09. The summed E-state index contributed by atoms with van der Waals surface area (Å²) in [6, 6.07) is 53.6. The Morgan fingerprint density at radius 1 is 0.574 bits per heavy atom. The Labute approximate surface area is 315 Å². The van der Waals surface area contributed by atoms with Crippen LogP contribution in [0, 0.1) is 6.33 Å². The summed E-state index contributed by atoms with van der Waals surface area (Å²) in [5.74, 6) is 2.39. The Hall–Kier alpha value is -6.72. The van der Waals surface area contributed by atoms with Crippen LogP contribution in [0.5, 0.6) is 11.5 Å². The molecule has 5 heteroatoms. The van der Waals surface area contributed by atoms with Gasteiger partial charge in [-0.15, -0.1) is 0 Å². The number of hydrogen-bond donors (Lipinski definition) is 0. The highest BCUT2D eigenvalue weighted by Crippen LogP contribution is 2.47. The number of hydrogen-bond acceptors (Lipinski definition) is 2. The Bertz CT molecular complexity index is 2920. The third kappa shape index (κ3) is 5.07. The van der Waals surface area contributed by atoms with Crippen LogP contribution < -0.4 is 9.30 Å². The van der Waals surface area contributed by atoms with Gasteiger partial charge >= 0.3 is 0 Å². The predicted molar refractivity (Wildman–Crippen MR) is 218 cm³/mol. The average molecular weight is 699 g/mol. The van der Waals surface area contributed by atoms with E-state index in [1.54, 1.807) is 0 Å². The SMILES string of the molecule is C[n+]1[c-]n(-c2cccc(Oc3ccc4c5ccccc5n(-c5cc(C(C)(C)C)ccn5)c4c3)c2)c2c1-c1ccccc1-c1ccccc1-c1ccccc1-2. The molecular weight excluding hydrogens is 661 g/mol. The van der Waals surface area contributed by atoms with E-state index in [2.05, 4.69) is 193 Å². The molecule has 260 valence electrons. The van der Waals surface area contributed by atoms with Gasteiger partial charge in [0.25, 0.3) is 0 Å². The fourth-order valence-corrected chi connectivity index (χ4v) is 8.15. The van der Waals surface area contributed by atoms with Gasteiger partial charge in [0, 0.05) is 23.0 Å². The van der Waals surface area contributed by atoms with Crippen molar-refractivity contribution in [3.63, 3.8) is 0 Å². The molecule has 54 heavy (non-hydrogen) atoms. The van der Waals surface area contributed by atoms with Gasteiger partial charge in [0.05, 0.1) is 35.2 Å². The Balaban J connectivity index is 1.10. The van der Waals surface area contributed by atoms with E-state index in [4.69, 9.17) is 9.72 Å². The first-order valence-electron chi connectivity index (χ1n) is 18.4. The molecule has 0 saturated heterocycles. The quantitative estimate of drug-likeness (QED) is 0.135. The van der Waals surface area contributed by atoms with E-state index in [0.29, 0.717) is 0 Å². The van der Waals surface area contributed by atoms with Crippen LogP contribution in [0.1, 0.15) is 26.3 Å².